The Balaban J connectivity index is 0.00000274. The molecule has 2 aromatic carbocycles. The summed E-state index contributed by atoms with van der Waals surface area (Å²) in [4.78, 5) is 4.94. The monoisotopic (exact) mass is 470 g/mol. The molecule has 0 fully saturated rings. The quantitative estimate of drug-likeness (QED) is 0.225. The maximum Gasteiger partial charge on any atom is 0.169 e. The molecule has 0 saturated heterocycles. The van der Waals surface area contributed by atoms with E-state index in [0.717, 1.165) is 25.9 Å². The number of anilines is 3. The molecule has 0 bridgehead atoms. The van der Waals surface area contributed by atoms with Gasteiger partial charge in [-0.15, -0.1) is 0 Å². The molecule has 0 amide bonds. The molecule has 0 radical (unpaired) electrons. The summed E-state index contributed by atoms with van der Waals surface area (Å²) in [7, 11) is 4.24. The minimum Gasteiger partial charge on any atom is -0.375 e. The summed E-state index contributed by atoms with van der Waals surface area (Å²) in [5.74, 6) is 0. The Bertz CT molecular complexity index is 1240. The first-order valence-electron chi connectivity index (χ1n) is 11.5. The standard InChI is InChI=1S/C28H29N4S.CH4/c1-30-17-11-22(12-18-30)23-13-19-32(20-14-23)16-6-5-15-31(2)24-9-10-26-28(21-24)33-27-8-4-3-7-25(27)29-26;/h3-4,7-14,17-21H,5-6,15-16H2,1-2H3;1H4/q+1;/p+1. The highest BCUT2D eigenvalue weighted by atomic mass is 32.2. The van der Waals surface area contributed by atoms with Gasteiger partial charge >= 0.3 is 0 Å². The summed E-state index contributed by atoms with van der Waals surface area (Å²) in [6.07, 6.45) is 10.9. The zero-order chi connectivity index (χ0) is 22.6. The Morgan fingerprint density at radius 2 is 1.47 bits per heavy atom. The van der Waals surface area contributed by atoms with Crippen molar-refractivity contribution in [3.8, 4) is 11.1 Å². The van der Waals surface area contributed by atoms with Crippen molar-refractivity contribution in [2.24, 2.45) is 7.05 Å². The predicted octanol–water partition coefficient (Wildman–Crippen LogP) is 6.23. The molecule has 3 heterocycles. The number of nitrogens with zero attached hydrogens (tertiary/aromatic N) is 3. The third kappa shape index (κ3) is 5.42. The van der Waals surface area contributed by atoms with E-state index in [1.807, 2.05) is 18.8 Å². The van der Waals surface area contributed by atoms with Crippen LogP contribution >= 0.6 is 11.8 Å². The molecule has 5 rings (SSSR count). The lowest BCUT2D eigenvalue weighted by atomic mass is 10.1. The Hall–Kier alpha value is -3.31. The van der Waals surface area contributed by atoms with E-state index in [1.54, 1.807) is 0 Å². The number of pyridine rings is 2. The molecule has 0 saturated carbocycles. The smallest absolute Gasteiger partial charge is 0.169 e. The van der Waals surface area contributed by atoms with E-state index in [1.165, 1.54) is 38.0 Å². The number of fused-ring (bicyclic) bond motifs is 2. The predicted molar refractivity (Wildman–Crippen MR) is 143 cm³/mol. The van der Waals surface area contributed by atoms with Crippen molar-refractivity contribution in [1.82, 2.24) is 0 Å². The van der Waals surface area contributed by atoms with Crippen LogP contribution < -0.4 is 19.4 Å². The topological polar surface area (TPSA) is 23.0 Å². The second-order valence-electron chi connectivity index (χ2n) is 8.61. The van der Waals surface area contributed by atoms with Crippen LogP contribution in [0.2, 0.25) is 0 Å². The van der Waals surface area contributed by atoms with Crippen molar-refractivity contribution < 1.29 is 9.13 Å². The van der Waals surface area contributed by atoms with Crippen LogP contribution in [0.4, 0.5) is 17.1 Å². The van der Waals surface area contributed by atoms with Gasteiger partial charge in [0.05, 0.1) is 11.4 Å². The van der Waals surface area contributed by atoms with Crippen molar-refractivity contribution in [3.63, 3.8) is 0 Å². The Morgan fingerprint density at radius 1 is 0.794 bits per heavy atom. The molecule has 1 aliphatic rings. The van der Waals surface area contributed by atoms with Crippen molar-refractivity contribution in [1.29, 1.82) is 0 Å². The molecule has 0 atom stereocenters. The maximum atomic E-state index is 3.55. The first-order chi connectivity index (χ1) is 16.2. The fourth-order valence-corrected chi connectivity index (χ4v) is 5.14. The molecule has 1 aliphatic heterocycles. The van der Waals surface area contributed by atoms with Crippen LogP contribution in [0.15, 0.2) is 101 Å². The van der Waals surface area contributed by atoms with Crippen LogP contribution in [0.5, 0.6) is 0 Å². The maximum absolute atomic E-state index is 3.55. The summed E-state index contributed by atoms with van der Waals surface area (Å²) in [6, 6.07) is 23.9. The van der Waals surface area contributed by atoms with E-state index in [0.29, 0.717) is 0 Å². The normalized spacial score (nSPS) is 11.6. The van der Waals surface area contributed by atoms with E-state index in [-0.39, 0.29) is 7.43 Å². The van der Waals surface area contributed by atoms with Gasteiger partial charge in [0.2, 0.25) is 0 Å². The molecular formula is C29H34N4S+2. The van der Waals surface area contributed by atoms with E-state index in [2.05, 4.69) is 118 Å². The van der Waals surface area contributed by atoms with E-state index < -0.39 is 0 Å². The Kier molecular flexibility index (Phi) is 7.53. The van der Waals surface area contributed by atoms with Gasteiger partial charge in [-0.25, -0.2) is 9.13 Å². The van der Waals surface area contributed by atoms with Crippen molar-refractivity contribution >= 4 is 28.8 Å². The van der Waals surface area contributed by atoms with Crippen LogP contribution in [0.1, 0.15) is 20.3 Å². The highest BCUT2D eigenvalue weighted by Crippen LogP contribution is 2.45. The average molecular weight is 471 g/mol. The van der Waals surface area contributed by atoms with Gasteiger partial charge in [0.1, 0.15) is 13.6 Å². The molecule has 5 heteroatoms. The van der Waals surface area contributed by atoms with Gasteiger partial charge in [-0.2, -0.15) is 0 Å². The van der Waals surface area contributed by atoms with E-state index in [4.69, 9.17) is 0 Å². The van der Waals surface area contributed by atoms with Crippen LogP contribution in [0, 0.1) is 0 Å². The first-order valence-corrected chi connectivity index (χ1v) is 12.3. The Labute approximate surface area is 207 Å². The molecule has 0 spiro atoms. The van der Waals surface area contributed by atoms with E-state index >= 15 is 0 Å². The highest BCUT2D eigenvalue weighted by Gasteiger charge is 2.16. The fraction of sp³-hybridized carbons (Fsp3) is 0.241. The second kappa shape index (κ2) is 10.7. The van der Waals surface area contributed by atoms with Crippen LogP contribution in [-0.4, -0.2) is 13.6 Å². The lowest BCUT2D eigenvalue weighted by Crippen LogP contribution is -2.33. The molecule has 4 nitrogen and oxygen atoms in total. The zero-order valence-corrected chi connectivity index (χ0v) is 20.1. The average Bonchev–Trinajstić information content (AvgIpc) is 2.86. The van der Waals surface area contributed by atoms with Crippen molar-refractivity contribution in [3.05, 3.63) is 91.5 Å². The molecule has 4 aromatic rings. The number of unbranched alkanes of at least 4 members (excludes halogenated alkanes) is 1. The summed E-state index contributed by atoms with van der Waals surface area (Å²) < 4.78 is 4.34. The van der Waals surface area contributed by atoms with Crippen LogP contribution in [0.25, 0.3) is 11.1 Å². The molecule has 0 aliphatic carbocycles. The lowest BCUT2D eigenvalue weighted by Gasteiger charge is -2.24. The second-order valence-corrected chi connectivity index (χ2v) is 9.69. The van der Waals surface area contributed by atoms with E-state index in [9.17, 15) is 0 Å². The van der Waals surface area contributed by atoms with Gasteiger partial charge in [-0.05, 0) is 47.9 Å². The highest BCUT2D eigenvalue weighted by molar-refractivity contribution is 7.99. The summed E-state index contributed by atoms with van der Waals surface area (Å²) in [5.41, 5.74) is 6.17. The molecule has 34 heavy (non-hydrogen) atoms. The Morgan fingerprint density at radius 3 is 2.24 bits per heavy atom. The van der Waals surface area contributed by atoms with Gasteiger partial charge in [0.15, 0.2) is 24.8 Å². The zero-order valence-electron chi connectivity index (χ0n) is 19.2. The van der Waals surface area contributed by atoms with Crippen molar-refractivity contribution in [2.75, 3.05) is 23.8 Å². The van der Waals surface area contributed by atoms with Crippen LogP contribution in [-0.2, 0) is 13.6 Å². The third-order valence-corrected chi connectivity index (χ3v) is 7.28. The largest absolute Gasteiger partial charge is 0.375 e. The van der Waals surface area contributed by atoms with Gasteiger partial charge in [0, 0.05) is 59.8 Å². The fourth-order valence-electron chi connectivity index (χ4n) is 4.12. The number of aryl methyl sites for hydroxylation is 2. The van der Waals surface area contributed by atoms with Gasteiger partial charge in [0.25, 0.3) is 0 Å². The van der Waals surface area contributed by atoms with Gasteiger partial charge in [-0.3, -0.25) is 0 Å². The number of nitrogens with one attached hydrogen (secondary N) is 1. The number of rotatable bonds is 7. The third-order valence-electron chi connectivity index (χ3n) is 6.15. The summed E-state index contributed by atoms with van der Waals surface area (Å²) in [5, 5.41) is 3.55. The van der Waals surface area contributed by atoms with Crippen LogP contribution in [0.3, 0.4) is 0 Å². The van der Waals surface area contributed by atoms with Crippen molar-refractivity contribution in [2.45, 2.75) is 36.6 Å². The molecule has 1 N–H and O–H groups in total. The minimum atomic E-state index is 0. The number of hydrogen-bond acceptors (Lipinski definition) is 3. The number of para-hydroxylation sites is 1. The number of aromatic nitrogens is 2. The van der Waals surface area contributed by atoms with Gasteiger partial charge in [-0.1, -0.05) is 31.3 Å². The van der Waals surface area contributed by atoms with Gasteiger partial charge < -0.3 is 10.2 Å². The summed E-state index contributed by atoms with van der Waals surface area (Å²) in [6.45, 7) is 2.09. The number of hydrogen-bond donors (Lipinski definition) is 1. The molecular weight excluding hydrogens is 436 g/mol. The lowest BCUT2D eigenvalue weighted by molar-refractivity contribution is -0.697. The number of benzene rings is 2. The molecule has 2 aromatic heterocycles. The summed E-state index contributed by atoms with van der Waals surface area (Å²) >= 11 is 1.85. The molecule has 174 valence electrons. The molecule has 0 unspecified atom stereocenters. The first kappa shape index (κ1) is 23.8. The SMILES string of the molecule is C.CN(CCCC[n+]1ccc(-c2cc[n+](C)cc2)cc1)c1ccc2c(c1)Sc1ccccc1N2. The minimum absolute atomic E-state index is 0.